The van der Waals surface area contributed by atoms with Gasteiger partial charge in [0.05, 0.1) is 12.1 Å². The van der Waals surface area contributed by atoms with Crippen LogP contribution in [-0.2, 0) is 6.54 Å². The molecule has 0 aliphatic heterocycles. The van der Waals surface area contributed by atoms with Crippen molar-refractivity contribution in [3.05, 3.63) is 58.7 Å². The second-order valence-corrected chi connectivity index (χ2v) is 5.47. The van der Waals surface area contributed by atoms with Gasteiger partial charge in [-0.1, -0.05) is 29.8 Å². The fraction of sp³-hybridized carbons (Fsp3) is 0.133. The molecule has 0 saturated carbocycles. The number of rotatable bonds is 4. The van der Waals surface area contributed by atoms with Gasteiger partial charge in [-0.05, 0) is 12.5 Å². The third-order valence-electron chi connectivity index (χ3n) is 3.02. The van der Waals surface area contributed by atoms with Gasteiger partial charge in [0, 0.05) is 17.8 Å². The largest absolute Gasteiger partial charge is 0.298 e. The molecule has 20 heavy (non-hydrogen) atoms. The van der Waals surface area contributed by atoms with E-state index in [1.165, 1.54) is 16.9 Å². The van der Waals surface area contributed by atoms with Gasteiger partial charge in [-0.3, -0.25) is 9.48 Å². The Balaban J connectivity index is 1.91. The van der Waals surface area contributed by atoms with E-state index in [0.717, 1.165) is 16.9 Å². The molecule has 0 bridgehead atoms. The second-order valence-electron chi connectivity index (χ2n) is 4.57. The first kappa shape index (κ1) is 12.7. The molecule has 0 aliphatic rings. The first-order valence-corrected chi connectivity index (χ1v) is 7.12. The van der Waals surface area contributed by atoms with Crippen LogP contribution in [0.15, 0.2) is 42.0 Å². The van der Waals surface area contributed by atoms with E-state index in [9.17, 15) is 4.79 Å². The Bertz CT molecular complexity index is 714. The third-order valence-corrected chi connectivity index (χ3v) is 3.80. The first-order chi connectivity index (χ1) is 9.76. The maximum Gasteiger partial charge on any atom is 0.153 e. The van der Waals surface area contributed by atoms with Crippen LogP contribution in [0.5, 0.6) is 0 Å². The second kappa shape index (κ2) is 5.38. The van der Waals surface area contributed by atoms with E-state index in [4.69, 9.17) is 0 Å². The summed E-state index contributed by atoms with van der Waals surface area (Å²) in [5.74, 6) is 0. The summed E-state index contributed by atoms with van der Waals surface area (Å²) in [6, 6.07) is 8.28. The van der Waals surface area contributed by atoms with Crippen LogP contribution in [0.25, 0.3) is 10.7 Å². The molecule has 1 aromatic carbocycles. The molecule has 0 fully saturated rings. The Morgan fingerprint density at radius 1 is 1.30 bits per heavy atom. The molecule has 5 heteroatoms. The number of carbonyl (C=O) groups is 1. The van der Waals surface area contributed by atoms with Crippen LogP contribution < -0.4 is 0 Å². The summed E-state index contributed by atoms with van der Waals surface area (Å²) in [6.07, 6.45) is 4.31. The molecule has 0 amide bonds. The van der Waals surface area contributed by atoms with Crippen LogP contribution in [0.4, 0.5) is 0 Å². The van der Waals surface area contributed by atoms with Gasteiger partial charge in [-0.2, -0.15) is 5.10 Å². The summed E-state index contributed by atoms with van der Waals surface area (Å²) in [5, 5.41) is 7.13. The van der Waals surface area contributed by atoms with Gasteiger partial charge in [0.15, 0.2) is 6.29 Å². The van der Waals surface area contributed by atoms with Gasteiger partial charge in [-0.15, -0.1) is 11.3 Å². The maximum absolute atomic E-state index is 11.2. The number of benzene rings is 1. The molecule has 4 nitrogen and oxygen atoms in total. The molecule has 3 rings (SSSR count). The number of hydrogen-bond acceptors (Lipinski definition) is 4. The van der Waals surface area contributed by atoms with Crippen molar-refractivity contribution in [2.45, 2.75) is 13.5 Å². The molecule has 0 saturated heterocycles. The standard InChI is InChI=1S/C15H13N3OS/c1-11-2-4-12(5-3-11)8-18-9-13(10-19)14(17-18)15-16-6-7-20-15/h2-7,9-10H,8H2,1H3. The summed E-state index contributed by atoms with van der Waals surface area (Å²) in [7, 11) is 0. The van der Waals surface area contributed by atoms with Crippen molar-refractivity contribution in [3.8, 4) is 10.7 Å². The molecule has 3 aromatic rings. The number of aryl methyl sites for hydroxylation is 1. The quantitative estimate of drug-likeness (QED) is 0.691. The minimum atomic E-state index is 0.576. The molecule has 2 aromatic heterocycles. The van der Waals surface area contributed by atoms with E-state index in [0.29, 0.717) is 17.8 Å². The van der Waals surface area contributed by atoms with Gasteiger partial charge in [0.2, 0.25) is 0 Å². The zero-order valence-corrected chi connectivity index (χ0v) is 11.8. The van der Waals surface area contributed by atoms with E-state index in [1.807, 2.05) is 5.38 Å². The van der Waals surface area contributed by atoms with Crippen molar-refractivity contribution in [2.24, 2.45) is 0 Å². The lowest BCUT2D eigenvalue weighted by molar-refractivity contribution is 0.112. The summed E-state index contributed by atoms with van der Waals surface area (Å²) in [6.45, 7) is 2.70. The van der Waals surface area contributed by atoms with Crippen LogP contribution >= 0.6 is 11.3 Å². The number of nitrogens with zero attached hydrogens (tertiary/aromatic N) is 3. The van der Waals surface area contributed by atoms with E-state index in [2.05, 4.69) is 41.3 Å². The molecule has 2 heterocycles. The number of carbonyl (C=O) groups excluding carboxylic acids is 1. The minimum Gasteiger partial charge on any atom is -0.298 e. The van der Waals surface area contributed by atoms with Crippen LogP contribution in [-0.4, -0.2) is 21.1 Å². The highest BCUT2D eigenvalue weighted by atomic mass is 32.1. The molecule has 0 spiro atoms. The third kappa shape index (κ3) is 2.53. The lowest BCUT2D eigenvalue weighted by atomic mass is 10.1. The molecular formula is C15H13N3OS. The smallest absolute Gasteiger partial charge is 0.153 e. The lowest BCUT2D eigenvalue weighted by Crippen LogP contribution is -2.00. The molecule has 0 unspecified atom stereocenters. The minimum absolute atomic E-state index is 0.576. The number of aromatic nitrogens is 3. The monoisotopic (exact) mass is 283 g/mol. The fourth-order valence-electron chi connectivity index (χ4n) is 1.99. The van der Waals surface area contributed by atoms with Gasteiger partial charge < -0.3 is 0 Å². The first-order valence-electron chi connectivity index (χ1n) is 6.24. The number of aldehydes is 1. The maximum atomic E-state index is 11.2. The van der Waals surface area contributed by atoms with Crippen molar-refractivity contribution in [1.29, 1.82) is 0 Å². The average Bonchev–Trinajstić information content (AvgIpc) is 3.10. The SMILES string of the molecule is Cc1ccc(Cn2cc(C=O)c(-c3nccs3)n2)cc1. The summed E-state index contributed by atoms with van der Waals surface area (Å²) in [4.78, 5) is 15.4. The van der Waals surface area contributed by atoms with Crippen molar-refractivity contribution in [3.63, 3.8) is 0 Å². The topological polar surface area (TPSA) is 47.8 Å². The van der Waals surface area contributed by atoms with E-state index < -0.39 is 0 Å². The Kier molecular flexibility index (Phi) is 3.43. The normalized spacial score (nSPS) is 10.7. The number of thiazole rings is 1. The van der Waals surface area contributed by atoms with Crippen LogP contribution in [0.1, 0.15) is 21.5 Å². The number of hydrogen-bond donors (Lipinski definition) is 0. The van der Waals surface area contributed by atoms with Crippen LogP contribution in [0.3, 0.4) is 0 Å². The predicted molar refractivity (Wildman–Crippen MR) is 79.0 cm³/mol. The van der Waals surface area contributed by atoms with Gasteiger partial charge in [0.25, 0.3) is 0 Å². The zero-order chi connectivity index (χ0) is 13.9. The lowest BCUT2D eigenvalue weighted by Gasteiger charge is -2.02. The molecular weight excluding hydrogens is 270 g/mol. The van der Waals surface area contributed by atoms with Crippen molar-refractivity contribution in [1.82, 2.24) is 14.8 Å². The zero-order valence-electron chi connectivity index (χ0n) is 11.0. The molecule has 0 N–H and O–H groups in total. The van der Waals surface area contributed by atoms with Crippen molar-refractivity contribution < 1.29 is 4.79 Å². The van der Waals surface area contributed by atoms with Crippen molar-refractivity contribution >= 4 is 17.6 Å². The molecule has 0 atom stereocenters. The summed E-state index contributed by atoms with van der Waals surface area (Å²) >= 11 is 1.48. The Morgan fingerprint density at radius 3 is 2.75 bits per heavy atom. The Labute approximate surface area is 120 Å². The van der Waals surface area contributed by atoms with E-state index >= 15 is 0 Å². The van der Waals surface area contributed by atoms with Crippen LogP contribution in [0.2, 0.25) is 0 Å². The highest BCUT2D eigenvalue weighted by Gasteiger charge is 2.12. The van der Waals surface area contributed by atoms with Gasteiger partial charge >= 0.3 is 0 Å². The summed E-state index contributed by atoms with van der Waals surface area (Å²) in [5.41, 5.74) is 3.61. The van der Waals surface area contributed by atoms with E-state index in [-0.39, 0.29) is 0 Å². The molecule has 100 valence electrons. The highest BCUT2D eigenvalue weighted by molar-refractivity contribution is 7.13. The average molecular weight is 283 g/mol. The molecule has 0 aliphatic carbocycles. The summed E-state index contributed by atoms with van der Waals surface area (Å²) < 4.78 is 1.78. The van der Waals surface area contributed by atoms with Gasteiger partial charge in [-0.25, -0.2) is 4.98 Å². The predicted octanol–water partition coefficient (Wildman–Crippen LogP) is 3.18. The fourth-order valence-corrected chi connectivity index (χ4v) is 2.63. The Hall–Kier alpha value is -2.27. The Morgan fingerprint density at radius 2 is 2.10 bits per heavy atom. The van der Waals surface area contributed by atoms with Crippen molar-refractivity contribution in [2.75, 3.05) is 0 Å². The van der Waals surface area contributed by atoms with Crippen LogP contribution in [0, 0.1) is 6.92 Å². The molecule has 0 radical (unpaired) electrons. The highest BCUT2D eigenvalue weighted by Crippen LogP contribution is 2.23. The van der Waals surface area contributed by atoms with Gasteiger partial charge in [0.1, 0.15) is 10.7 Å². The van der Waals surface area contributed by atoms with E-state index in [1.54, 1.807) is 17.1 Å².